The second-order valence-corrected chi connectivity index (χ2v) is 9.00. The first-order valence-electron chi connectivity index (χ1n) is 8.78. The number of nitrogens with one attached hydrogen (secondary N) is 1. The van der Waals surface area contributed by atoms with Gasteiger partial charge in [0.25, 0.3) is 0 Å². The van der Waals surface area contributed by atoms with E-state index in [1.54, 1.807) is 18.2 Å². The summed E-state index contributed by atoms with van der Waals surface area (Å²) >= 11 is 2.69. The third-order valence-corrected chi connectivity index (χ3v) is 6.57. The van der Waals surface area contributed by atoms with E-state index in [-0.39, 0.29) is 16.9 Å². The van der Waals surface area contributed by atoms with Gasteiger partial charge in [0.05, 0.1) is 10.9 Å². The van der Waals surface area contributed by atoms with Crippen LogP contribution in [-0.2, 0) is 12.8 Å². The number of rotatable bonds is 6. The third kappa shape index (κ3) is 4.04. The summed E-state index contributed by atoms with van der Waals surface area (Å²) in [4.78, 5) is 12.8. The highest BCUT2D eigenvalue weighted by atomic mass is 32.2. The lowest BCUT2D eigenvalue weighted by Crippen LogP contribution is -2.13. The van der Waals surface area contributed by atoms with E-state index in [2.05, 4.69) is 21.6 Å². The SMILES string of the molecule is C[C@H](Sc1nnc(Nc2ccccc2F)s1)C(=O)c1ccc2c(c1)CCC2. The van der Waals surface area contributed by atoms with Crippen LogP contribution in [0.2, 0.25) is 0 Å². The lowest BCUT2D eigenvalue weighted by Gasteiger charge is -2.09. The Morgan fingerprint density at radius 2 is 2.00 bits per heavy atom. The average Bonchev–Trinajstić information content (AvgIpc) is 3.31. The van der Waals surface area contributed by atoms with E-state index in [1.807, 2.05) is 19.1 Å². The van der Waals surface area contributed by atoms with Crippen LogP contribution in [-0.4, -0.2) is 21.2 Å². The molecule has 4 rings (SSSR count). The molecule has 2 aromatic carbocycles. The quantitative estimate of drug-likeness (QED) is 0.452. The van der Waals surface area contributed by atoms with Crippen LogP contribution in [0.3, 0.4) is 0 Å². The number of carbonyl (C=O) groups is 1. The standard InChI is InChI=1S/C20H18FN3OS2/c1-12(18(25)15-10-9-13-5-4-6-14(13)11-15)26-20-24-23-19(27-20)22-17-8-3-2-7-16(17)21/h2-3,7-12H,4-6H2,1H3,(H,22,23)/t12-/m0/s1. The van der Waals surface area contributed by atoms with Gasteiger partial charge < -0.3 is 5.32 Å². The summed E-state index contributed by atoms with van der Waals surface area (Å²) in [5.41, 5.74) is 3.77. The third-order valence-electron chi connectivity index (χ3n) is 4.55. The number of aryl methyl sites for hydroxylation is 2. The zero-order chi connectivity index (χ0) is 18.8. The summed E-state index contributed by atoms with van der Waals surface area (Å²) in [5.74, 6) is -0.254. The maximum absolute atomic E-state index is 13.7. The largest absolute Gasteiger partial charge is 0.328 e. The van der Waals surface area contributed by atoms with Crippen LogP contribution < -0.4 is 5.32 Å². The minimum atomic E-state index is -0.345. The number of para-hydroxylation sites is 1. The molecule has 1 aliphatic carbocycles. The monoisotopic (exact) mass is 399 g/mol. The average molecular weight is 400 g/mol. The van der Waals surface area contributed by atoms with E-state index >= 15 is 0 Å². The molecule has 0 bridgehead atoms. The predicted octanol–water partition coefficient (Wildman–Crippen LogP) is 5.27. The molecule has 7 heteroatoms. The maximum Gasteiger partial charge on any atom is 0.210 e. The molecule has 1 heterocycles. The van der Waals surface area contributed by atoms with E-state index in [1.165, 1.54) is 46.7 Å². The number of carbonyl (C=O) groups excluding carboxylic acids is 1. The van der Waals surface area contributed by atoms with Crippen molar-refractivity contribution in [1.29, 1.82) is 0 Å². The van der Waals surface area contributed by atoms with Gasteiger partial charge in [0.2, 0.25) is 5.13 Å². The summed E-state index contributed by atoms with van der Waals surface area (Å²) < 4.78 is 14.4. The van der Waals surface area contributed by atoms with Crippen LogP contribution >= 0.6 is 23.1 Å². The zero-order valence-corrected chi connectivity index (χ0v) is 16.4. The predicted molar refractivity (Wildman–Crippen MR) is 108 cm³/mol. The molecule has 1 N–H and O–H groups in total. The van der Waals surface area contributed by atoms with Gasteiger partial charge in [-0.3, -0.25) is 4.79 Å². The Hall–Kier alpha value is -2.25. The minimum absolute atomic E-state index is 0.0912. The molecule has 3 aromatic rings. The van der Waals surface area contributed by atoms with Gasteiger partial charge in [-0.2, -0.15) is 0 Å². The number of benzene rings is 2. The highest BCUT2D eigenvalue weighted by molar-refractivity contribution is 8.02. The van der Waals surface area contributed by atoms with Crippen LogP contribution in [0.4, 0.5) is 15.2 Å². The number of halogens is 1. The number of thioether (sulfide) groups is 1. The number of nitrogens with zero attached hydrogens (tertiary/aromatic N) is 2. The van der Waals surface area contributed by atoms with Gasteiger partial charge in [-0.15, -0.1) is 10.2 Å². The molecule has 0 saturated carbocycles. The lowest BCUT2D eigenvalue weighted by molar-refractivity contribution is 0.0994. The van der Waals surface area contributed by atoms with Crippen molar-refractivity contribution in [2.45, 2.75) is 35.8 Å². The Kier molecular flexibility index (Phi) is 5.22. The molecule has 1 aliphatic rings. The van der Waals surface area contributed by atoms with Gasteiger partial charge >= 0.3 is 0 Å². The summed E-state index contributed by atoms with van der Waals surface area (Å²) in [7, 11) is 0. The molecule has 0 radical (unpaired) electrons. The molecule has 1 atom stereocenters. The summed E-state index contributed by atoms with van der Waals surface area (Å²) in [6, 6.07) is 12.4. The summed E-state index contributed by atoms with van der Waals surface area (Å²) in [6.07, 6.45) is 3.33. The lowest BCUT2D eigenvalue weighted by atomic mass is 10.0. The fourth-order valence-corrected chi connectivity index (χ4v) is 5.14. The molecular weight excluding hydrogens is 381 g/mol. The highest BCUT2D eigenvalue weighted by Gasteiger charge is 2.21. The number of anilines is 2. The van der Waals surface area contributed by atoms with Crippen LogP contribution in [0.5, 0.6) is 0 Å². The first kappa shape index (κ1) is 18.1. The normalized spacial score (nSPS) is 14.0. The minimum Gasteiger partial charge on any atom is -0.328 e. The van der Waals surface area contributed by atoms with Crippen LogP contribution in [0, 0.1) is 5.82 Å². The van der Waals surface area contributed by atoms with Crippen molar-refractivity contribution in [2.24, 2.45) is 0 Å². The van der Waals surface area contributed by atoms with E-state index in [0.717, 1.165) is 18.4 Å². The summed E-state index contributed by atoms with van der Waals surface area (Å²) in [6.45, 7) is 1.88. The van der Waals surface area contributed by atoms with E-state index in [0.29, 0.717) is 15.2 Å². The van der Waals surface area contributed by atoms with Crippen molar-refractivity contribution in [3.05, 3.63) is 65.0 Å². The molecule has 0 saturated heterocycles. The number of ketones is 1. The number of hydrogen-bond acceptors (Lipinski definition) is 6. The van der Waals surface area contributed by atoms with Crippen molar-refractivity contribution in [3.8, 4) is 0 Å². The van der Waals surface area contributed by atoms with E-state index < -0.39 is 0 Å². The molecule has 0 amide bonds. The van der Waals surface area contributed by atoms with Gasteiger partial charge in [-0.1, -0.05) is 47.4 Å². The first-order valence-corrected chi connectivity index (χ1v) is 10.5. The Morgan fingerprint density at radius 3 is 2.85 bits per heavy atom. The molecule has 0 unspecified atom stereocenters. The second kappa shape index (κ2) is 7.78. The topological polar surface area (TPSA) is 54.9 Å². The second-order valence-electron chi connectivity index (χ2n) is 6.44. The van der Waals surface area contributed by atoms with Crippen molar-refractivity contribution in [2.75, 3.05) is 5.32 Å². The molecule has 0 fully saturated rings. The van der Waals surface area contributed by atoms with Crippen molar-refractivity contribution in [3.63, 3.8) is 0 Å². The summed E-state index contributed by atoms with van der Waals surface area (Å²) in [5, 5.41) is 11.3. The van der Waals surface area contributed by atoms with Crippen LogP contribution in [0.15, 0.2) is 46.8 Å². The highest BCUT2D eigenvalue weighted by Crippen LogP contribution is 2.32. The Morgan fingerprint density at radius 1 is 1.19 bits per heavy atom. The Bertz CT molecular complexity index is 989. The van der Waals surface area contributed by atoms with Gasteiger partial charge in [0, 0.05) is 5.56 Å². The van der Waals surface area contributed by atoms with Crippen LogP contribution in [0.1, 0.15) is 34.8 Å². The molecule has 4 nitrogen and oxygen atoms in total. The first-order chi connectivity index (χ1) is 13.1. The van der Waals surface area contributed by atoms with Gasteiger partial charge in [-0.05, 0) is 55.5 Å². The number of hydrogen-bond donors (Lipinski definition) is 1. The van der Waals surface area contributed by atoms with Gasteiger partial charge in [0.1, 0.15) is 5.82 Å². The van der Waals surface area contributed by atoms with Crippen molar-refractivity contribution < 1.29 is 9.18 Å². The molecule has 138 valence electrons. The fraction of sp³-hybridized carbons (Fsp3) is 0.250. The smallest absolute Gasteiger partial charge is 0.210 e. The Balaban J connectivity index is 1.42. The van der Waals surface area contributed by atoms with Crippen molar-refractivity contribution >= 4 is 39.7 Å². The molecular formula is C20H18FN3OS2. The van der Waals surface area contributed by atoms with Gasteiger partial charge in [0.15, 0.2) is 10.1 Å². The molecule has 0 aliphatic heterocycles. The molecule has 1 aromatic heterocycles. The van der Waals surface area contributed by atoms with E-state index in [9.17, 15) is 9.18 Å². The Labute approximate surface area is 165 Å². The fourth-order valence-electron chi connectivity index (χ4n) is 3.15. The van der Waals surface area contributed by atoms with Gasteiger partial charge in [-0.25, -0.2) is 4.39 Å². The zero-order valence-electron chi connectivity index (χ0n) is 14.7. The van der Waals surface area contributed by atoms with Crippen LogP contribution in [0.25, 0.3) is 0 Å². The molecule has 0 spiro atoms. The van der Waals surface area contributed by atoms with E-state index in [4.69, 9.17) is 0 Å². The molecule has 27 heavy (non-hydrogen) atoms. The maximum atomic E-state index is 13.7. The van der Waals surface area contributed by atoms with Crippen molar-refractivity contribution in [1.82, 2.24) is 10.2 Å². The number of fused-ring (bicyclic) bond motifs is 1. The number of aromatic nitrogens is 2. The number of Topliss-reactive ketones (excluding diaryl/α,β-unsaturated/α-hetero) is 1.